The number of nitrogens with one attached hydrogen (secondary N) is 2. The van der Waals surface area contributed by atoms with Gasteiger partial charge in [0, 0.05) is 23.2 Å². The highest BCUT2D eigenvalue weighted by molar-refractivity contribution is 6.32. The second-order valence-electron chi connectivity index (χ2n) is 5.90. The van der Waals surface area contributed by atoms with E-state index in [0.29, 0.717) is 40.4 Å². The molecule has 1 aliphatic rings. The van der Waals surface area contributed by atoms with E-state index in [1.165, 1.54) is 7.11 Å². The molecule has 2 N–H and O–H groups in total. The first-order chi connectivity index (χ1) is 12.5. The second kappa shape index (κ2) is 7.58. The van der Waals surface area contributed by atoms with Gasteiger partial charge < -0.3 is 15.4 Å². The molecule has 1 fully saturated rings. The summed E-state index contributed by atoms with van der Waals surface area (Å²) in [5, 5.41) is 5.71. The Hall–Kier alpha value is -2.86. The smallest absolute Gasteiger partial charge is 0.246 e. The molecule has 0 saturated carbocycles. The van der Waals surface area contributed by atoms with Crippen LogP contribution < -0.4 is 15.4 Å². The summed E-state index contributed by atoms with van der Waals surface area (Å²) in [6.45, 7) is 0. The van der Waals surface area contributed by atoms with Crippen LogP contribution in [0.3, 0.4) is 0 Å². The van der Waals surface area contributed by atoms with Crippen LogP contribution in [0, 0.1) is 0 Å². The molecule has 26 heavy (non-hydrogen) atoms. The topological polar surface area (TPSA) is 84.5 Å². The van der Waals surface area contributed by atoms with Crippen LogP contribution in [0.15, 0.2) is 42.5 Å². The lowest BCUT2D eigenvalue weighted by atomic mass is 10.0. The van der Waals surface area contributed by atoms with Gasteiger partial charge in [0.2, 0.25) is 11.8 Å². The van der Waals surface area contributed by atoms with Crippen molar-refractivity contribution in [2.45, 2.75) is 18.9 Å². The van der Waals surface area contributed by atoms with Crippen LogP contribution in [0.25, 0.3) is 0 Å². The molecule has 0 aromatic heterocycles. The number of ether oxygens (including phenoxy) is 1. The van der Waals surface area contributed by atoms with Gasteiger partial charge in [-0.3, -0.25) is 14.4 Å². The van der Waals surface area contributed by atoms with E-state index < -0.39 is 6.04 Å². The van der Waals surface area contributed by atoms with Crippen molar-refractivity contribution in [3.8, 4) is 5.75 Å². The van der Waals surface area contributed by atoms with Crippen molar-refractivity contribution in [3.63, 3.8) is 0 Å². The van der Waals surface area contributed by atoms with Crippen molar-refractivity contribution in [3.05, 3.63) is 58.6 Å². The molecule has 2 amide bonds. The summed E-state index contributed by atoms with van der Waals surface area (Å²) < 4.78 is 5.08. The Morgan fingerprint density at radius 1 is 1.15 bits per heavy atom. The quantitative estimate of drug-likeness (QED) is 0.790. The minimum Gasteiger partial charge on any atom is -0.495 e. The number of benzene rings is 2. The Bertz CT molecular complexity index is 864. The molecule has 1 heterocycles. The first kappa shape index (κ1) is 17.9. The van der Waals surface area contributed by atoms with Crippen molar-refractivity contribution < 1.29 is 19.1 Å². The zero-order valence-corrected chi connectivity index (χ0v) is 14.8. The molecule has 1 aliphatic heterocycles. The fourth-order valence-corrected chi connectivity index (χ4v) is 2.98. The van der Waals surface area contributed by atoms with Crippen LogP contribution in [0.1, 0.15) is 28.8 Å². The zero-order valence-electron chi connectivity index (χ0n) is 14.0. The van der Waals surface area contributed by atoms with Gasteiger partial charge >= 0.3 is 0 Å². The molecule has 2 aromatic rings. The van der Waals surface area contributed by atoms with Crippen LogP contribution in [0.4, 0.5) is 5.69 Å². The fraction of sp³-hybridized carbons (Fsp3) is 0.211. The minimum absolute atomic E-state index is 0.121. The van der Waals surface area contributed by atoms with Crippen LogP contribution in [-0.4, -0.2) is 30.7 Å². The molecule has 1 saturated heterocycles. The number of methoxy groups -OCH3 is 1. The highest BCUT2D eigenvalue weighted by atomic mass is 35.5. The lowest BCUT2D eigenvalue weighted by molar-refractivity contribution is -0.122. The normalized spacial score (nSPS) is 16.1. The highest BCUT2D eigenvalue weighted by Gasteiger charge is 2.27. The molecule has 1 unspecified atom stereocenters. The van der Waals surface area contributed by atoms with E-state index >= 15 is 0 Å². The molecule has 0 bridgehead atoms. The lowest BCUT2D eigenvalue weighted by Crippen LogP contribution is -2.37. The van der Waals surface area contributed by atoms with Crippen molar-refractivity contribution in [2.24, 2.45) is 0 Å². The third-order valence-electron chi connectivity index (χ3n) is 4.14. The maximum atomic E-state index is 12.5. The average molecular weight is 373 g/mol. The molecule has 6 nitrogen and oxygen atoms in total. The first-order valence-electron chi connectivity index (χ1n) is 8.06. The van der Waals surface area contributed by atoms with Gasteiger partial charge in [0.15, 0.2) is 5.78 Å². The highest BCUT2D eigenvalue weighted by Crippen LogP contribution is 2.26. The maximum absolute atomic E-state index is 12.5. The minimum atomic E-state index is -0.509. The summed E-state index contributed by atoms with van der Waals surface area (Å²) in [5.41, 5.74) is 1.47. The van der Waals surface area contributed by atoms with Gasteiger partial charge in [-0.2, -0.15) is 0 Å². The van der Waals surface area contributed by atoms with Gasteiger partial charge in [-0.1, -0.05) is 11.6 Å². The predicted octanol–water partition coefficient (Wildman–Crippen LogP) is 2.80. The summed E-state index contributed by atoms with van der Waals surface area (Å²) in [7, 11) is 1.51. The molecule has 2 aromatic carbocycles. The number of anilines is 1. The zero-order chi connectivity index (χ0) is 18.7. The van der Waals surface area contributed by atoms with Gasteiger partial charge in [0.1, 0.15) is 11.8 Å². The van der Waals surface area contributed by atoms with E-state index in [1.54, 1.807) is 42.5 Å². The van der Waals surface area contributed by atoms with Crippen molar-refractivity contribution in [1.29, 1.82) is 0 Å². The Balaban J connectivity index is 1.69. The molecule has 0 aliphatic carbocycles. The standard InChI is InChI=1S/C19H17ClN2O4/c1-26-16-8-4-12(10-14(16)20)18(24)11-2-5-13(6-3-11)21-19(25)15-7-9-17(23)22-15/h2-6,8,10,15H,7,9H2,1H3,(H,21,25)(H,22,23). The number of hydrogen-bond donors (Lipinski definition) is 2. The summed E-state index contributed by atoms with van der Waals surface area (Å²) in [5.74, 6) is -0.0723. The number of ketones is 1. The van der Waals surface area contributed by atoms with Crippen LogP contribution >= 0.6 is 11.6 Å². The maximum Gasteiger partial charge on any atom is 0.246 e. The SMILES string of the molecule is COc1ccc(C(=O)c2ccc(NC(=O)C3CCC(=O)N3)cc2)cc1Cl. The van der Waals surface area contributed by atoms with Gasteiger partial charge in [-0.25, -0.2) is 0 Å². The van der Waals surface area contributed by atoms with E-state index in [4.69, 9.17) is 16.3 Å². The van der Waals surface area contributed by atoms with E-state index in [0.717, 1.165) is 0 Å². The number of carbonyl (C=O) groups excluding carboxylic acids is 3. The third kappa shape index (κ3) is 3.86. The number of halogens is 1. The van der Waals surface area contributed by atoms with E-state index in [1.807, 2.05) is 0 Å². The average Bonchev–Trinajstić information content (AvgIpc) is 3.08. The van der Waals surface area contributed by atoms with Crippen LogP contribution in [0.2, 0.25) is 5.02 Å². The van der Waals surface area contributed by atoms with E-state index in [-0.39, 0.29) is 17.6 Å². The Morgan fingerprint density at radius 2 is 1.85 bits per heavy atom. The van der Waals surface area contributed by atoms with Gasteiger partial charge in [0.25, 0.3) is 0 Å². The Labute approximate surface area is 155 Å². The van der Waals surface area contributed by atoms with Crippen molar-refractivity contribution in [1.82, 2.24) is 5.32 Å². The van der Waals surface area contributed by atoms with Gasteiger partial charge in [0.05, 0.1) is 12.1 Å². The number of hydrogen-bond acceptors (Lipinski definition) is 4. The lowest BCUT2D eigenvalue weighted by Gasteiger charge is -2.11. The number of carbonyl (C=O) groups is 3. The van der Waals surface area contributed by atoms with Crippen LogP contribution in [0.5, 0.6) is 5.75 Å². The third-order valence-corrected chi connectivity index (χ3v) is 4.44. The number of rotatable bonds is 5. The molecular weight excluding hydrogens is 356 g/mol. The van der Waals surface area contributed by atoms with Crippen molar-refractivity contribution >= 4 is 34.9 Å². The molecular formula is C19H17ClN2O4. The molecule has 0 radical (unpaired) electrons. The second-order valence-corrected chi connectivity index (χ2v) is 6.31. The monoisotopic (exact) mass is 372 g/mol. The Morgan fingerprint density at radius 3 is 2.42 bits per heavy atom. The van der Waals surface area contributed by atoms with E-state index in [2.05, 4.69) is 10.6 Å². The fourth-order valence-electron chi connectivity index (χ4n) is 2.72. The largest absolute Gasteiger partial charge is 0.495 e. The first-order valence-corrected chi connectivity index (χ1v) is 8.44. The summed E-state index contributed by atoms with van der Waals surface area (Å²) in [6.07, 6.45) is 0.843. The predicted molar refractivity (Wildman–Crippen MR) is 97.7 cm³/mol. The molecule has 7 heteroatoms. The molecule has 134 valence electrons. The van der Waals surface area contributed by atoms with Crippen LogP contribution in [-0.2, 0) is 9.59 Å². The summed E-state index contributed by atoms with van der Waals surface area (Å²) in [6, 6.07) is 10.9. The molecule has 0 spiro atoms. The molecule has 1 atom stereocenters. The van der Waals surface area contributed by atoms with Gasteiger partial charge in [-0.05, 0) is 48.9 Å². The summed E-state index contributed by atoms with van der Waals surface area (Å²) in [4.78, 5) is 35.8. The molecule has 3 rings (SSSR count). The van der Waals surface area contributed by atoms with E-state index in [9.17, 15) is 14.4 Å². The summed E-state index contributed by atoms with van der Waals surface area (Å²) >= 11 is 6.06. The Kier molecular flexibility index (Phi) is 5.23. The van der Waals surface area contributed by atoms with Crippen molar-refractivity contribution in [2.75, 3.05) is 12.4 Å². The number of amides is 2. The van der Waals surface area contributed by atoms with Gasteiger partial charge in [-0.15, -0.1) is 0 Å².